The fourth-order valence-corrected chi connectivity index (χ4v) is 2.74. The van der Waals surface area contributed by atoms with Gasteiger partial charge < -0.3 is 5.73 Å². The second-order valence-corrected chi connectivity index (χ2v) is 5.91. The SMILES string of the molecule is NCCCCCNS(=O)(=O)c1cccc(Cl)c1. The van der Waals surface area contributed by atoms with Gasteiger partial charge in [0.1, 0.15) is 0 Å². The largest absolute Gasteiger partial charge is 0.330 e. The third kappa shape index (κ3) is 5.04. The van der Waals surface area contributed by atoms with Gasteiger partial charge in [0, 0.05) is 11.6 Å². The van der Waals surface area contributed by atoms with Crippen LogP contribution in [0.25, 0.3) is 0 Å². The Kier molecular flexibility index (Phi) is 5.91. The lowest BCUT2D eigenvalue weighted by atomic mass is 10.2. The first-order valence-electron chi connectivity index (χ1n) is 5.51. The summed E-state index contributed by atoms with van der Waals surface area (Å²) in [5.41, 5.74) is 5.35. The Labute approximate surface area is 107 Å². The molecule has 0 amide bonds. The van der Waals surface area contributed by atoms with Crippen molar-refractivity contribution in [1.82, 2.24) is 4.72 Å². The van der Waals surface area contributed by atoms with Crippen molar-refractivity contribution in [2.75, 3.05) is 13.1 Å². The Morgan fingerprint density at radius 3 is 2.65 bits per heavy atom. The minimum atomic E-state index is -3.44. The van der Waals surface area contributed by atoms with E-state index in [0.29, 0.717) is 18.1 Å². The van der Waals surface area contributed by atoms with E-state index in [1.54, 1.807) is 12.1 Å². The highest BCUT2D eigenvalue weighted by Gasteiger charge is 2.12. The molecule has 96 valence electrons. The molecule has 17 heavy (non-hydrogen) atoms. The summed E-state index contributed by atoms with van der Waals surface area (Å²) in [5, 5.41) is 0.413. The minimum absolute atomic E-state index is 0.198. The van der Waals surface area contributed by atoms with Crippen LogP contribution in [0.3, 0.4) is 0 Å². The van der Waals surface area contributed by atoms with Crippen molar-refractivity contribution >= 4 is 21.6 Å². The van der Waals surface area contributed by atoms with Crippen LogP contribution in [-0.4, -0.2) is 21.5 Å². The van der Waals surface area contributed by atoms with Crippen LogP contribution in [0.15, 0.2) is 29.2 Å². The van der Waals surface area contributed by atoms with Gasteiger partial charge in [-0.15, -0.1) is 0 Å². The molecular formula is C11H17ClN2O2S. The molecule has 0 aliphatic rings. The predicted octanol–water partition coefficient (Wildman–Crippen LogP) is 1.75. The molecule has 0 aromatic heterocycles. The quantitative estimate of drug-likeness (QED) is 0.745. The lowest BCUT2D eigenvalue weighted by Crippen LogP contribution is -2.24. The van der Waals surface area contributed by atoms with Gasteiger partial charge >= 0.3 is 0 Å². The molecule has 4 nitrogen and oxygen atoms in total. The van der Waals surface area contributed by atoms with E-state index in [4.69, 9.17) is 17.3 Å². The second-order valence-electron chi connectivity index (χ2n) is 3.70. The van der Waals surface area contributed by atoms with Crippen LogP contribution in [0.4, 0.5) is 0 Å². The first-order valence-corrected chi connectivity index (χ1v) is 7.37. The van der Waals surface area contributed by atoms with Gasteiger partial charge in [-0.25, -0.2) is 13.1 Å². The third-order valence-corrected chi connectivity index (χ3v) is 3.97. The first kappa shape index (κ1) is 14.4. The smallest absolute Gasteiger partial charge is 0.240 e. The molecule has 0 heterocycles. The van der Waals surface area contributed by atoms with Crippen molar-refractivity contribution in [3.8, 4) is 0 Å². The maximum Gasteiger partial charge on any atom is 0.240 e. The molecule has 1 aromatic rings. The molecule has 0 saturated heterocycles. The minimum Gasteiger partial charge on any atom is -0.330 e. The fourth-order valence-electron chi connectivity index (χ4n) is 1.37. The number of nitrogens with two attached hydrogens (primary N) is 1. The number of rotatable bonds is 7. The molecule has 3 N–H and O–H groups in total. The number of benzene rings is 1. The monoisotopic (exact) mass is 276 g/mol. The molecule has 1 aromatic carbocycles. The predicted molar refractivity (Wildman–Crippen MR) is 69.5 cm³/mol. The van der Waals surface area contributed by atoms with Gasteiger partial charge in [-0.2, -0.15) is 0 Å². The van der Waals surface area contributed by atoms with Gasteiger partial charge in [0.25, 0.3) is 0 Å². The summed E-state index contributed by atoms with van der Waals surface area (Å²) >= 11 is 5.75. The van der Waals surface area contributed by atoms with E-state index in [1.165, 1.54) is 12.1 Å². The molecule has 0 bridgehead atoms. The summed E-state index contributed by atoms with van der Waals surface area (Å²) in [4.78, 5) is 0.198. The van der Waals surface area contributed by atoms with Crippen LogP contribution in [-0.2, 0) is 10.0 Å². The molecular weight excluding hydrogens is 260 g/mol. The number of halogens is 1. The van der Waals surface area contributed by atoms with Crippen molar-refractivity contribution in [3.05, 3.63) is 29.3 Å². The molecule has 0 unspecified atom stereocenters. The van der Waals surface area contributed by atoms with E-state index in [9.17, 15) is 8.42 Å². The van der Waals surface area contributed by atoms with Crippen molar-refractivity contribution in [2.24, 2.45) is 5.73 Å². The summed E-state index contributed by atoms with van der Waals surface area (Å²) < 4.78 is 26.2. The van der Waals surface area contributed by atoms with E-state index < -0.39 is 10.0 Å². The average molecular weight is 277 g/mol. The van der Waals surface area contributed by atoms with Crippen LogP contribution < -0.4 is 10.5 Å². The van der Waals surface area contributed by atoms with Crippen LogP contribution in [0, 0.1) is 0 Å². The van der Waals surface area contributed by atoms with E-state index in [0.717, 1.165) is 19.3 Å². The van der Waals surface area contributed by atoms with Gasteiger partial charge in [0.05, 0.1) is 4.90 Å². The van der Waals surface area contributed by atoms with Crippen molar-refractivity contribution in [3.63, 3.8) is 0 Å². The molecule has 0 atom stereocenters. The van der Waals surface area contributed by atoms with Crippen molar-refractivity contribution < 1.29 is 8.42 Å². The Balaban J connectivity index is 2.51. The van der Waals surface area contributed by atoms with E-state index in [1.807, 2.05) is 0 Å². The fraction of sp³-hybridized carbons (Fsp3) is 0.455. The van der Waals surface area contributed by atoms with Crippen LogP contribution >= 0.6 is 11.6 Å². The first-order chi connectivity index (χ1) is 8.06. The molecule has 0 saturated carbocycles. The maximum absolute atomic E-state index is 11.8. The lowest BCUT2D eigenvalue weighted by molar-refractivity contribution is 0.575. The Hall–Kier alpha value is -0.620. The lowest BCUT2D eigenvalue weighted by Gasteiger charge is -2.06. The van der Waals surface area contributed by atoms with Crippen molar-refractivity contribution in [2.45, 2.75) is 24.2 Å². The van der Waals surface area contributed by atoms with E-state index in [2.05, 4.69) is 4.72 Å². The Morgan fingerprint density at radius 1 is 1.24 bits per heavy atom. The second kappa shape index (κ2) is 6.96. The number of sulfonamides is 1. The summed E-state index contributed by atoms with van der Waals surface area (Å²) in [6.45, 7) is 1.07. The summed E-state index contributed by atoms with van der Waals surface area (Å²) in [6, 6.07) is 6.21. The molecule has 0 fully saturated rings. The maximum atomic E-state index is 11.8. The number of hydrogen-bond acceptors (Lipinski definition) is 3. The summed E-state index contributed by atoms with van der Waals surface area (Å²) in [5.74, 6) is 0. The molecule has 0 radical (unpaired) electrons. The normalized spacial score (nSPS) is 11.6. The standard InChI is InChI=1S/C11H17ClN2O2S/c12-10-5-4-6-11(9-10)17(15,16)14-8-3-1-2-7-13/h4-6,9,14H,1-3,7-8,13H2. The van der Waals surface area contributed by atoms with Gasteiger partial charge in [-0.3, -0.25) is 0 Å². The van der Waals surface area contributed by atoms with Gasteiger partial charge in [-0.1, -0.05) is 24.1 Å². The van der Waals surface area contributed by atoms with E-state index >= 15 is 0 Å². The highest BCUT2D eigenvalue weighted by atomic mass is 35.5. The molecule has 0 aliphatic carbocycles. The molecule has 1 rings (SSSR count). The Morgan fingerprint density at radius 2 is 2.00 bits per heavy atom. The highest BCUT2D eigenvalue weighted by Crippen LogP contribution is 2.15. The zero-order valence-corrected chi connectivity index (χ0v) is 11.1. The third-order valence-electron chi connectivity index (χ3n) is 2.28. The molecule has 6 heteroatoms. The van der Waals surface area contributed by atoms with Gasteiger partial charge in [0.15, 0.2) is 0 Å². The number of unbranched alkanes of at least 4 members (excludes halogenated alkanes) is 2. The van der Waals surface area contributed by atoms with Gasteiger partial charge in [-0.05, 0) is 37.6 Å². The van der Waals surface area contributed by atoms with Crippen LogP contribution in [0.1, 0.15) is 19.3 Å². The highest BCUT2D eigenvalue weighted by molar-refractivity contribution is 7.89. The van der Waals surface area contributed by atoms with Crippen molar-refractivity contribution in [1.29, 1.82) is 0 Å². The molecule has 0 spiro atoms. The summed E-state index contributed by atoms with van der Waals surface area (Å²) in [7, 11) is -3.44. The Bertz CT molecular complexity index is 449. The van der Waals surface area contributed by atoms with Crippen LogP contribution in [0.2, 0.25) is 5.02 Å². The average Bonchev–Trinajstić information content (AvgIpc) is 2.29. The zero-order valence-electron chi connectivity index (χ0n) is 9.52. The molecule has 0 aliphatic heterocycles. The van der Waals surface area contributed by atoms with Crippen LogP contribution in [0.5, 0.6) is 0 Å². The van der Waals surface area contributed by atoms with E-state index in [-0.39, 0.29) is 4.90 Å². The zero-order chi connectivity index (χ0) is 12.7. The number of nitrogens with one attached hydrogen (secondary N) is 1. The van der Waals surface area contributed by atoms with Gasteiger partial charge in [0.2, 0.25) is 10.0 Å². The summed E-state index contributed by atoms with van der Waals surface area (Å²) in [6.07, 6.45) is 2.63. The topological polar surface area (TPSA) is 72.2 Å². The number of hydrogen-bond donors (Lipinski definition) is 2.